The van der Waals surface area contributed by atoms with Gasteiger partial charge in [0.1, 0.15) is 0 Å². The summed E-state index contributed by atoms with van der Waals surface area (Å²) < 4.78 is 1.51. The number of fused-ring (bicyclic) bond motifs is 1. The second-order valence-corrected chi connectivity index (χ2v) is 2.46. The van der Waals surface area contributed by atoms with Crippen molar-refractivity contribution in [3.8, 4) is 0 Å². The highest BCUT2D eigenvalue weighted by atomic mass is 16.1. The van der Waals surface area contributed by atoms with Gasteiger partial charge in [-0.2, -0.15) is 5.10 Å². The number of nitrogens with one attached hydrogen (secondary N) is 1. The Labute approximate surface area is 62.5 Å². The molecule has 0 amide bonds. The van der Waals surface area contributed by atoms with Gasteiger partial charge in [0.05, 0.1) is 11.7 Å². The Bertz CT molecular complexity index is 440. The van der Waals surface area contributed by atoms with Gasteiger partial charge < -0.3 is 4.57 Å². The molecule has 0 aliphatic heterocycles. The van der Waals surface area contributed by atoms with Crippen LogP contribution in [0.5, 0.6) is 0 Å². The summed E-state index contributed by atoms with van der Waals surface area (Å²) in [5.41, 5.74) is 0.867. The van der Waals surface area contributed by atoms with Crippen LogP contribution in [0.1, 0.15) is 0 Å². The highest BCUT2D eigenvalue weighted by Gasteiger charge is 1.96. The van der Waals surface area contributed by atoms with Crippen molar-refractivity contribution in [2.24, 2.45) is 7.05 Å². The number of hydrogen-bond donors (Lipinski definition) is 1. The normalized spacial score (nSPS) is 10.6. The van der Waals surface area contributed by atoms with Crippen molar-refractivity contribution in [1.82, 2.24) is 14.8 Å². The van der Waals surface area contributed by atoms with Crippen molar-refractivity contribution in [2.75, 3.05) is 0 Å². The lowest BCUT2D eigenvalue weighted by Gasteiger charge is -1.93. The molecule has 2 rings (SSSR count). The minimum atomic E-state index is -0.0149. The molecule has 4 heteroatoms. The van der Waals surface area contributed by atoms with Crippen LogP contribution in [-0.2, 0) is 7.05 Å². The maximum absolute atomic E-state index is 11.1. The maximum Gasteiger partial charge on any atom is 0.251 e. The fourth-order valence-electron chi connectivity index (χ4n) is 1.02. The molecule has 0 spiro atoms. The summed E-state index contributed by atoms with van der Waals surface area (Å²) in [5.74, 6) is 0. The quantitative estimate of drug-likeness (QED) is 0.584. The Hall–Kier alpha value is -1.58. The molecule has 0 aliphatic carbocycles. The molecule has 2 aromatic heterocycles. The van der Waals surface area contributed by atoms with E-state index in [0.29, 0.717) is 0 Å². The first-order chi connectivity index (χ1) is 5.27. The topological polar surface area (TPSA) is 50.7 Å². The summed E-state index contributed by atoms with van der Waals surface area (Å²) >= 11 is 0. The van der Waals surface area contributed by atoms with Crippen LogP contribution in [0.4, 0.5) is 0 Å². The number of aromatic nitrogens is 3. The van der Waals surface area contributed by atoms with Crippen LogP contribution in [-0.4, -0.2) is 14.8 Å². The van der Waals surface area contributed by atoms with Gasteiger partial charge >= 0.3 is 0 Å². The third-order valence-electron chi connectivity index (χ3n) is 1.65. The van der Waals surface area contributed by atoms with Crippen molar-refractivity contribution in [2.45, 2.75) is 0 Å². The Morgan fingerprint density at radius 1 is 1.64 bits per heavy atom. The predicted octanol–water partition coefficient (Wildman–Crippen LogP) is 0.262. The Morgan fingerprint density at radius 2 is 2.45 bits per heavy atom. The van der Waals surface area contributed by atoms with Gasteiger partial charge in [0.25, 0.3) is 5.56 Å². The second kappa shape index (κ2) is 1.95. The lowest BCUT2D eigenvalue weighted by molar-refractivity contribution is 0.867. The SMILES string of the molecule is Cn1cc2[nH]ncc2cc1=O. The van der Waals surface area contributed by atoms with E-state index in [1.54, 1.807) is 25.5 Å². The van der Waals surface area contributed by atoms with E-state index in [-0.39, 0.29) is 5.56 Å². The molecule has 56 valence electrons. The Balaban J connectivity index is 2.97. The lowest BCUT2D eigenvalue weighted by atomic mass is 10.3. The van der Waals surface area contributed by atoms with E-state index in [9.17, 15) is 4.79 Å². The molecule has 0 fully saturated rings. The molecule has 0 atom stereocenters. The van der Waals surface area contributed by atoms with E-state index in [1.165, 1.54) is 4.57 Å². The molecule has 0 radical (unpaired) electrons. The van der Waals surface area contributed by atoms with Crippen LogP contribution < -0.4 is 5.56 Å². The van der Waals surface area contributed by atoms with E-state index >= 15 is 0 Å². The van der Waals surface area contributed by atoms with E-state index in [0.717, 1.165) is 10.9 Å². The van der Waals surface area contributed by atoms with Gasteiger partial charge in [-0.1, -0.05) is 0 Å². The van der Waals surface area contributed by atoms with Crippen molar-refractivity contribution in [3.63, 3.8) is 0 Å². The van der Waals surface area contributed by atoms with Crippen LogP contribution in [0, 0.1) is 0 Å². The monoisotopic (exact) mass is 149 g/mol. The molecule has 0 unspecified atom stereocenters. The first-order valence-corrected chi connectivity index (χ1v) is 3.27. The molecule has 0 aromatic carbocycles. The summed E-state index contributed by atoms with van der Waals surface area (Å²) in [6.07, 6.45) is 3.36. The number of aromatic amines is 1. The zero-order valence-corrected chi connectivity index (χ0v) is 6.03. The van der Waals surface area contributed by atoms with Gasteiger partial charge in [-0.05, 0) is 0 Å². The summed E-state index contributed by atoms with van der Waals surface area (Å²) in [7, 11) is 1.71. The van der Waals surface area contributed by atoms with Gasteiger partial charge in [0, 0.05) is 24.7 Å². The van der Waals surface area contributed by atoms with Gasteiger partial charge in [0.15, 0.2) is 0 Å². The number of aryl methyl sites for hydroxylation is 1. The zero-order chi connectivity index (χ0) is 7.84. The van der Waals surface area contributed by atoms with E-state index < -0.39 is 0 Å². The second-order valence-electron chi connectivity index (χ2n) is 2.46. The summed E-state index contributed by atoms with van der Waals surface area (Å²) in [6.45, 7) is 0. The summed E-state index contributed by atoms with van der Waals surface area (Å²) in [4.78, 5) is 11.1. The highest BCUT2D eigenvalue weighted by Crippen LogP contribution is 2.04. The third-order valence-corrected chi connectivity index (χ3v) is 1.65. The van der Waals surface area contributed by atoms with Gasteiger partial charge in [-0.15, -0.1) is 0 Å². The fraction of sp³-hybridized carbons (Fsp3) is 0.143. The highest BCUT2D eigenvalue weighted by molar-refractivity contribution is 5.76. The molecule has 0 aliphatic rings. The van der Waals surface area contributed by atoms with Gasteiger partial charge in [-0.25, -0.2) is 0 Å². The van der Waals surface area contributed by atoms with E-state index in [2.05, 4.69) is 10.2 Å². The van der Waals surface area contributed by atoms with Crippen LogP contribution in [0.25, 0.3) is 10.9 Å². The van der Waals surface area contributed by atoms with Crippen LogP contribution >= 0.6 is 0 Å². The molecule has 0 saturated heterocycles. The molecule has 0 saturated carbocycles. The number of nitrogens with zero attached hydrogens (tertiary/aromatic N) is 2. The fourth-order valence-corrected chi connectivity index (χ4v) is 1.02. The van der Waals surface area contributed by atoms with E-state index in [1.807, 2.05) is 0 Å². The van der Waals surface area contributed by atoms with Gasteiger partial charge in [-0.3, -0.25) is 9.89 Å². The molecule has 11 heavy (non-hydrogen) atoms. The van der Waals surface area contributed by atoms with Crippen LogP contribution in [0.2, 0.25) is 0 Å². The molecule has 2 aromatic rings. The average molecular weight is 149 g/mol. The minimum absolute atomic E-state index is 0.0149. The predicted molar refractivity (Wildman–Crippen MR) is 41.3 cm³/mol. The third kappa shape index (κ3) is 0.832. The molecule has 0 bridgehead atoms. The van der Waals surface area contributed by atoms with Crippen molar-refractivity contribution < 1.29 is 0 Å². The maximum atomic E-state index is 11.1. The molecule has 2 heterocycles. The number of pyridine rings is 1. The first-order valence-electron chi connectivity index (χ1n) is 3.27. The zero-order valence-electron chi connectivity index (χ0n) is 6.03. The number of rotatable bonds is 0. The number of hydrogen-bond acceptors (Lipinski definition) is 2. The standard InChI is InChI=1S/C7H7N3O/c1-10-4-6-5(2-7(10)11)3-8-9-6/h2-4,9H,1H3. The largest absolute Gasteiger partial charge is 0.316 e. The summed E-state index contributed by atoms with van der Waals surface area (Å²) in [5, 5.41) is 7.44. The summed E-state index contributed by atoms with van der Waals surface area (Å²) in [6, 6.07) is 1.55. The van der Waals surface area contributed by atoms with Crippen molar-refractivity contribution >= 4 is 10.9 Å². The Morgan fingerprint density at radius 3 is 3.27 bits per heavy atom. The van der Waals surface area contributed by atoms with Gasteiger partial charge in [0.2, 0.25) is 0 Å². The molecule has 1 N–H and O–H groups in total. The van der Waals surface area contributed by atoms with Crippen LogP contribution in [0.15, 0.2) is 23.3 Å². The van der Waals surface area contributed by atoms with E-state index in [4.69, 9.17) is 0 Å². The Kier molecular flexibility index (Phi) is 1.09. The number of H-pyrrole nitrogens is 1. The smallest absolute Gasteiger partial charge is 0.251 e. The van der Waals surface area contributed by atoms with Crippen molar-refractivity contribution in [1.29, 1.82) is 0 Å². The molecule has 4 nitrogen and oxygen atoms in total. The van der Waals surface area contributed by atoms with Crippen molar-refractivity contribution in [3.05, 3.63) is 28.8 Å². The molecular formula is C7H7N3O. The molecular weight excluding hydrogens is 142 g/mol. The minimum Gasteiger partial charge on any atom is -0.316 e. The average Bonchev–Trinajstić information content (AvgIpc) is 2.36. The first kappa shape index (κ1) is 6.15. The van der Waals surface area contributed by atoms with Crippen LogP contribution in [0.3, 0.4) is 0 Å². The lowest BCUT2D eigenvalue weighted by Crippen LogP contribution is -2.13.